The van der Waals surface area contributed by atoms with Crippen molar-refractivity contribution in [1.82, 2.24) is 9.97 Å². The number of carbonyl (C=O) groups is 1. The van der Waals surface area contributed by atoms with Crippen LogP contribution in [0.25, 0.3) is 11.1 Å². The zero-order valence-electron chi connectivity index (χ0n) is 9.95. The summed E-state index contributed by atoms with van der Waals surface area (Å²) in [7, 11) is 0. The first kappa shape index (κ1) is 11.3. The van der Waals surface area contributed by atoms with Crippen molar-refractivity contribution in [1.29, 1.82) is 0 Å². The smallest absolute Gasteiger partial charge is 0.187 e. The highest BCUT2D eigenvalue weighted by molar-refractivity contribution is 6.33. The number of phenols is 1. The minimum Gasteiger partial charge on any atom is -0.508 e. The van der Waals surface area contributed by atoms with E-state index in [2.05, 4.69) is 9.97 Å². The molecule has 1 aliphatic carbocycles. The molecule has 3 rings (SSSR count). The van der Waals surface area contributed by atoms with Crippen molar-refractivity contribution in [3.63, 3.8) is 0 Å². The molecule has 0 atom stereocenters. The molecule has 1 N–H and O–H groups in total. The van der Waals surface area contributed by atoms with Crippen molar-refractivity contribution in [3.05, 3.63) is 66.3 Å². The van der Waals surface area contributed by atoms with Crippen LogP contribution in [0.4, 0.5) is 0 Å². The van der Waals surface area contributed by atoms with Gasteiger partial charge in [-0.05, 0) is 35.4 Å². The van der Waals surface area contributed by atoms with E-state index in [0.717, 1.165) is 16.7 Å². The van der Waals surface area contributed by atoms with E-state index in [1.807, 2.05) is 6.08 Å². The van der Waals surface area contributed by atoms with Gasteiger partial charge in [0, 0.05) is 23.5 Å². The molecule has 92 valence electrons. The molecule has 0 radical (unpaired) electrons. The summed E-state index contributed by atoms with van der Waals surface area (Å²) in [5, 5.41) is 9.26. The first-order chi connectivity index (χ1) is 9.24. The summed E-state index contributed by atoms with van der Waals surface area (Å²) >= 11 is 0. The molecule has 0 saturated carbocycles. The topological polar surface area (TPSA) is 63.1 Å². The third kappa shape index (κ3) is 2.15. The average molecular weight is 250 g/mol. The van der Waals surface area contributed by atoms with E-state index < -0.39 is 0 Å². The highest BCUT2D eigenvalue weighted by Crippen LogP contribution is 2.29. The second-order valence-electron chi connectivity index (χ2n) is 4.20. The maximum Gasteiger partial charge on any atom is 0.187 e. The molecule has 0 spiro atoms. The van der Waals surface area contributed by atoms with Gasteiger partial charge in [-0.2, -0.15) is 0 Å². The number of aromatic hydroxyl groups is 1. The van der Waals surface area contributed by atoms with Gasteiger partial charge < -0.3 is 5.11 Å². The van der Waals surface area contributed by atoms with E-state index in [-0.39, 0.29) is 11.5 Å². The lowest BCUT2D eigenvalue weighted by molar-refractivity contribution is -0.109. The first-order valence-corrected chi connectivity index (χ1v) is 5.76. The summed E-state index contributed by atoms with van der Waals surface area (Å²) in [6.45, 7) is 0. The van der Waals surface area contributed by atoms with Crippen molar-refractivity contribution in [2.75, 3.05) is 0 Å². The Balaban J connectivity index is 1.98. The number of ketones is 1. The molecule has 2 aromatic rings. The Hall–Kier alpha value is -2.75. The Morgan fingerprint density at radius 1 is 0.895 bits per heavy atom. The van der Waals surface area contributed by atoms with Gasteiger partial charge in [0.25, 0.3) is 0 Å². The predicted octanol–water partition coefficient (Wildman–Crippen LogP) is 2.23. The van der Waals surface area contributed by atoms with Crippen molar-refractivity contribution in [2.24, 2.45) is 0 Å². The summed E-state index contributed by atoms with van der Waals surface area (Å²) < 4.78 is 0. The summed E-state index contributed by atoms with van der Waals surface area (Å²) in [5.74, 6) is 0.129. The van der Waals surface area contributed by atoms with Gasteiger partial charge in [-0.15, -0.1) is 0 Å². The van der Waals surface area contributed by atoms with Gasteiger partial charge in [0.2, 0.25) is 0 Å². The lowest BCUT2D eigenvalue weighted by Gasteiger charge is -2.00. The number of carbonyl (C=O) groups excluding carboxylic acids is 1. The third-order valence-corrected chi connectivity index (χ3v) is 2.92. The molecule has 19 heavy (non-hydrogen) atoms. The van der Waals surface area contributed by atoms with Crippen LogP contribution in [0.3, 0.4) is 0 Å². The fraction of sp³-hybridized carbons (Fsp3) is 0. The van der Waals surface area contributed by atoms with Crippen molar-refractivity contribution in [3.8, 4) is 5.75 Å². The summed E-state index contributed by atoms with van der Waals surface area (Å²) in [5.41, 5.74) is 3.00. The maximum atomic E-state index is 12.0. The molecule has 1 aliphatic rings. The predicted molar refractivity (Wildman–Crippen MR) is 71.1 cm³/mol. The molecule has 0 unspecified atom stereocenters. The van der Waals surface area contributed by atoms with E-state index >= 15 is 0 Å². The molecular formula is C15H10N2O2. The number of phenolic OH excluding ortho intramolecular Hbond substituents is 1. The van der Waals surface area contributed by atoms with E-state index in [9.17, 15) is 9.90 Å². The molecule has 1 heterocycles. The quantitative estimate of drug-likeness (QED) is 0.887. The molecular weight excluding hydrogens is 240 g/mol. The van der Waals surface area contributed by atoms with Crippen LogP contribution in [-0.4, -0.2) is 20.9 Å². The van der Waals surface area contributed by atoms with Gasteiger partial charge in [0.15, 0.2) is 5.78 Å². The lowest BCUT2D eigenvalue weighted by atomic mass is 10.0. The maximum absolute atomic E-state index is 12.0. The summed E-state index contributed by atoms with van der Waals surface area (Å²) in [4.78, 5) is 19.9. The minimum atomic E-state index is -0.0513. The highest BCUT2D eigenvalue weighted by Gasteiger charge is 2.18. The average Bonchev–Trinajstić information content (AvgIpc) is 2.83. The highest BCUT2D eigenvalue weighted by atomic mass is 16.3. The molecule has 4 nitrogen and oxygen atoms in total. The van der Waals surface area contributed by atoms with Crippen LogP contribution in [-0.2, 0) is 4.79 Å². The Morgan fingerprint density at radius 2 is 1.58 bits per heavy atom. The van der Waals surface area contributed by atoms with Gasteiger partial charge in [-0.25, -0.2) is 9.97 Å². The number of hydrogen-bond donors (Lipinski definition) is 1. The van der Waals surface area contributed by atoms with Crippen LogP contribution >= 0.6 is 0 Å². The second kappa shape index (κ2) is 4.49. The number of benzene rings is 1. The third-order valence-electron chi connectivity index (χ3n) is 2.92. The van der Waals surface area contributed by atoms with Crippen molar-refractivity contribution >= 4 is 16.9 Å². The Morgan fingerprint density at radius 3 is 2.26 bits per heavy atom. The Labute approximate surface area is 109 Å². The number of aromatic nitrogens is 2. The standard InChI is InChI=1S/C15H10N2O2/c18-13-3-1-10(2-4-13)14-5-11(6-15(14)19)12-7-16-9-17-8-12/h1-9,18H. The Bertz CT molecular complexity index is 686. The zero-order valence-corrected chi connectivity index (χ0v) is 9.95. The second-order valence-corrected chi connectivity index (χ2v) is 4.20. The number of rotatable bonds is 2. The Kier molecular flexibility index (Phi) is 2.68. The van der Waals surface area contributed by atoms with E-state index in [1.165, 1.54) is 6.33 Å². The fourth-order valence-corrected chi connectivity index (χ4v) is 1.97. The van der Waals surface area contributed by atoms with E-state index in [4.69, 9.17) is 0 Å². The van der Waals surface area contributed by atoms with Gasteiger partial charge in [-0.1, -0.05) is 12.1 Å². The molecule has 0 bridgehead atoms. The molecule has 0 amide bonds. The number of nitrogens with zero attached hydrogens (tertiary/aromatic N) is 2. The van der Waals surface area contributed by atoms with Crippen LogP contribution in [0.15, 0.2) is 55.1 Å². The molecule has 0 aliphatic heterocycles. The minimum absolute atomic E-state index is 0.0513. The van der Waals surface area contributed by atoms with Crippen molar-refractivity contribution in [2.45, 2.75) is 0 Å². The van der Waals surface area contributed by atoms with Gasteiger partial charge >= 0.3 is 0 Å². The fourth-order valence-electron chi connectivity index (χ4n) is 1.97. The lowest BCUT2D eigenvalue weighted by Crippen LogP contribution is -1.92. The van der Waals surface area contributed by atoms with Gasteiger partial charge in [-0.3, -0.25) is 4.79 Å². The zero-order chi connectivity index (χ0) is 13.2. The van der Waals surface area contributed by atoms with Crippen molar-refractivity contribution < 1.29 is 9.90 Å². The van der Waals surface area contributed by atoms with Gasteiger partial charge in [0.1, 0.15) is 12.1 Å². The van der Waals surface area contributed by atoms with Crippen LogP contribution in [0.2, 0.25) is 0 Å². The van der Waals surface area contributed by atoms with Crippen LogP contribution < -0.4 is 0 Å². The van der Waals surface area contributed by atoms with Gasteiger partial charge in [0.05, 0.1) is 0 Å². The largest absolute Gasteiger partial charge is 0.508 e. The van der Waals surface area contributed by atoms with Crippen LogP contribution in [0.1, 0.15) is 11.1 Å². The summed E-state index contributed by atoms with van der Waals surface area (Å²) in [6, 6.07) is 6.56. The molecule has 1 aromatic heterocycles. The van der Waals surface area contributed by atoms with E-state index in [0.29, 0.717) is 5.57 Å². The van der Waals surface area contributed by atoms with E-state index in [1.54, 1.807) is 42.7 Å². The normalized spacial score (nSPS) is 14.2. The molecule has 1 aromatic carbocycles. The van der Waals surface area contributed by atoms with Crippen LogP contribution in [0.5, 0.6) is 5.75 Å². The number of allylic oxidation sites excluding steroid dienone is 4. The molecule has 4 heteroatoms. The molecule has 0 fully saturated rings. The van der Waals surface area contributed by atoms with Crippen LogP contribution in [0, 0.1) is 0 Å². The number of hydrogen-bond acceptors (Lipinski definition) is 4. The molecule has 0 saturated heterocycles. The monoisotopic (exact) mass is 250 g/mol. The summed E-state index contributed by atoms with van der Waals surface area (Å²) in [6.07, 6.45) is 8.17. The first-order valence-electron chi connectivity index (χ1n) is 5.76. The SMILES string of the molecule is O=C1C=C(c2cncnc2)C=C1c1ccc(O)cc1.